The van der Waals surface area contributed by atoms with Crippen LogP contribution in [0, 0.1) is 0 Å². The minimum Gasteiger partial charge on any atom is -0.465 e. The quantitative estimate of drug-likeness (QED) is 0.618. The van der Waals surface area contributed by atoms with Gasteiger partial charge in [0.15, 0.2) is 0 Å². The standard InChI is InChI=1S/C13H14Cl2N2O3/c1-2-20-11(18)7-17(8-3-4-8)13(19)12-9(14)5-6-10(15)16-12/h5-6,8H,2-4,7H2,1H3. The van der Waals surface area contributed by atoms with Crippen molar-refractivity contribution in [3.8, 4) is 0 Å². The van der Waals surface area contributed by atoms with E-state index < -0.39 is 11.9 Å². The number of amides is 1. The molecule has 0 atom stereocenters. The summed E-state index contributed by atoms with van der Waals surface area (Å²) in [5, 5.41) is 0.401. The monoisotopic (exact) mass is 316 g/mol. The summed E-state index contributed by atoms with van der Waals surface area (Å²) in [4.78, 5) is 29.4. The van der Waals surface area contributed by atoms with Gasteiger partial charge in [0.25, 0.3) is 5.91 Å². The third-order valence-electron chi connectivity index (χ3n) is 2.87. The lowest BCUT2D eigenvalue weighted by Crippen LogP contribution is -2.38. The molecule has 0 N–H and O–H groups in total. The molecule has 1 heterocycles. The van der Waals surface area contributed by atoms with Gasteiger partial charge in [-0.05, 0) is 31.9 Å². The summed E-state index contributed by atoms with van der Waals surface area (Å²) in [6, 6.07) is 3.07. The number of carbonyl (C=O) groups excluding carboxylic acids is 2. The molecule has 0 aromatic carbocycles. The number of hydrogen-bond donors (Lipinski definition) is 0. The Morgan fingerprint density at radius 2 is 2.10 bits per heavy atom. The highest BCUT2D eigenvalue weighted by Gasteiger charge is 2.36. The van der Waals surface area contributed by atoms with Crippen molar-refractivity contribution in [3.05, 3.63) is 28.0 Å². The Bertz CT molecular complexity index is 532. The maximum atomic E-state index is 12.5. The molecule has 1 fully saturated rings. The van der Waals surface area contributed by atoms with Gasteiger partial charge in [-0.1, -0.05) is 23.2 Å². The second-order valence-electron chi connectivity index (χ2n) is 4.43. The van der Waals surface area contributed by atoms with E-state index >= 15 is 0 Å². The largest absolute Gasteiger partial charge is 0.465 e. The fourth-order valence-corrected chi connectivity index (χ4v) is 2.14. The average molecular weight is 317 g/mol. The Morgan fingerprint density at radius 3 is 2.70 bits per heavy atom. The highest BCUT2D eigenvalue weighted by molar-refractivity contribution is 6.34. The first-order valence-corrected chi connectivity index (χ1v) is 7.07. The van der Waals surface area contributed by atoms with Crippen molar-refractivity contribution in [3.63, 3.8) is 0 Å². The van der Waals surface area contributed by atoms with Crippen molar-refractivity contribution in [1.29, 1.82) is 0 Å². The van der Waals surface area contributed by atoms with Crippen molar-refractivity contribution < 1.29 is 14.3 Å². The molecule has 1 aliphatic carbocycles. The number of rotatable bonds is 5. The number of esters is 1. The van der Waals surface area contributed by atoms with Crippen molar-refractivity contribution in [2.75, 3.05) is 13.2 Å². The molecule has 1 saturated carbocycles. The van der Waals surface area contributed by atoms with Crippen LogP contribution < -0.4 is 0 Å². The van der Waals surface area contributed by atoms with Crippen molar-refractivity contribution >= 4 is 35.1 Å². The summed E-state index contributed by atoms with van der Waals surface area (Å²) in [7, 11) is 0. The molecule has 0 aliphatic heterocycles. The van der Waals surface area contributed by atoms with Crippen molar-refractivity contribution in [2.24, 2.45) is 0 Å². The molecule has 0 unspecified atom stereocenters. The van der Waals surface area contributed by atoms with Crippen LogP contribution >= 0.6 is 23.2 Å². The SMILES string of the molecule is CCOC(=O)CN(C(=O)c1nc(Cl)ccc1Cl)C1CC1. The lowest BCUT2D eigenvalue weighted by atomic mass is 10.3. The first kappa shape index (κ1) is 15.1. The summed E-state index contributed by atoms with van der Waals surface area (Å²) >= 11 is 11.8. The molecule has 0 bridgehead atoms. The Kier molecular flexibility index (Phi) is 4.83. The topological polar surface area (TPSA) is 59.5 Å². The summed E-state index contributed by atoms with van der Waals surface area (Å²) in [6.07, 6.45) is 1.73. The van der Waals surface area contributed by atoms with Gasteiger partial charge in [-0.25, -0.2) is 4.98 Å². The van der Waals surface area contributed by atoms with E-state index in [9.17, 15) is 9.59 Å². The average Bonchev–Trinajstić information content (AvgIpc) is 3.23. The molecule has 1 amide bonds. The number of carbonyl (C=O) groups is 2. The Labute approximate surface area is 126 Å². The first-order valence-electron chi connectivity index (χ1n) is 6.31. The van der Waals surface area contributed by atoms with E-state index in [1.807, 2.05) is 0 Å². The summed E-state index contributed by atoms with van der Waals surface area (Å²) in [5.41, 5.74) is 0.0652. The molecular formula is C13H14Cl2N2O3. The predicted molar refractivity (Wildman–Crippen MR) is 74.9 cm³/mol. The highest BCUT2D eigenvalue weighted by atomic mass is 35.5. The van der Waals surface area contributed by atoms with Gasteiger partial charge < -0.3 is 9.64 Å². The lowest BCUT2D eigenvalue weighted by molar-refractivity contribution is -0.144. The molecule has 2 rings (SSSR count). The number of aromatic nitrogens is 1. The zero-order valence-corrected chi connectivity index (χ0v) is 12.4. The van der Waals surface area contributed by atoms with Crippen LogP contribution in [0.5, 0.6) is 0 Å². The van der Waals surface area contributed by atoms with E-state index in [1.165, 1.54) is 17.0 Å². The molecule has 108 valence electrons. The molecule has 5 nitrogen and oxygen atoms in total. The summed E-state index contributed by atoms with van der Waals surface area (Å²) in [6.45, 7) is 1.90. The van der Waals surface area contributed by atoms with Crippen LogP contribution in [0.15, 0.2) is 12.1 Å². The van der Waals surface area contributed by atoms with Gasteiger partial charge in [-0.3, -0.25) is 9.59 Å². The normalized spacial score (nSPS) is 13.9. The zero-order valence-electron chi connectivity index (χ0n) is 10.9. The molecule has 0 radical (unpaired) electrons. The Balaban J connectivity index is 2.18. The van der Waals surface area contributed by atoms with E-state index in [0.29, 0.717) is 0 Å². The van der Waals surface area contributed by atoms with E-state index in [2.05, 4.69) is 4.98 Å². The Morgan fingerprint density at radius 1 is 1.40 bits per heavy atom. The van der Waals surface area contributed by atoms with Gasteiger partial charge in [0.2, 0.25) is 0 Å². The summed E-state index contributed by atoms with van der Waals surface area (Å²) < 4.78 is 4.88. The fraction of sp³-hybridized carbons (Fsp3) is 0.462. The zero-order chi connectivity index (χ0) is 14.7. The van der Waals surface area contributed by atoms with Crippen LogP contribution in [0.3, 0.4) is 0 Å². The molecule has 7 heteroatoms. The third kappa shape index (κ3) is 3.61. The Hall–Kier alpha value is -1.33. The molecule has 20 heavy (non-hydrogen) atoms. The second kappa shape index (κ2) is 6.41. The van der Waals surface area contributed by atoms with Crippen molar-refractivity contribution in [1.82, 2.24) is 9.88 Å². The van der Waals surface area contributed by atoms with Crippen LogP contribution in [0.25, 0.3) is 0 Å². The molecular weight excluding hydrogens is 303 g/mol. The van der Waals surface area contributed by atoms with Crippen LogP contribution in [0.2, 0.25) is 10.2 Å². The smallest absolute Gasteiger partial charge is 0.325 e. The van der Waals surface area contributed by atoms with E-state index in [4.69, 9.17) is 27.9 Å². The molecule has 0 spiro atoms. The molecule has 1 aromatic heterocycles. The van der Waals surface area contributed by atoms with Gasteiger partial charge >= 0.3 is 5.97 Å². The molecule has 0 saturated heterocycles. The summed E-state index contributed by atoms with van der Waals surface area (Å²) in [5.74, 6) is -0.834. The third-order valence-corrected chi connectivity index (χ3v) is 3.38. The van der Waals surface area contributed by atoms with Gasteiger partial charge in [0, 0.05) is 6.04 Å². The van der Waals surface area contributed by atoms with E-state index in [0.717, 1.165) is 12.8 Å². The van der Waals surface area contributed by atoms with Crippen LogP contribution in [-0.2, 0) is 9.53 Å². The number of pyridine rings is 1. The highest BCUT2D eigenvalue weighted by Crippen LogP contribution is 2.29. The van der Waals surface area contributed by atoms with Crippen LogP contribution in [-0.4, -0.2) is 41.0 Å². The van der Waals surface area contributed by atoms with E-state index in [1.54, 1.807) is 6.92 Å². The number of halogens is 2. The number of ether oxygens (including phenoxy) is 1. The van der Waals surface area contributed by atoms with Gasteiger partial charge in [0.05, 0.1) is 11.6 Å². The van der Waals surface area contributed by atoms with Crippen LogP contribution in [0.1, 0.15) is 30.3 Å². The number of nitrogens with zero attached hydrogens (tertiary/aromatic N) is 2. The maximum Gasteiger partial charge on any atom is 0.325 e. The number of hydrogen-bond acceptors (Lipinski definition) is 4. The fourth-order valence-electron chi connectivity index (χ4n) is 1.80. The van der Waals surface area contributed by atoms with E-state index in [-0.39, 0.29) is 35.1 Å². The van der Waals surface area contributed by atoms with Gasteiger partial charge in [-0.2, -0.15) is 0 Å². The van der Waals surface area contributed by atoms with Crippen LogP contribution in [0.4, 0.5) is 0 Å². The molecule has 1 aliphatic rings. The molecule has 1 aromatic rings. The predicted octanol–water partition coefficient (Wildman–Crippen LogP) is 2.56. The van der Waals surface area contributed by atoms with Gasteiger partial charge in [0.1, 0.15) is 17.4 Å². The van der Waals surface area contributed by atoms with Crippen molar-refractivity contribution in [2.45, 2.75) is 25.8 Å². The second-order valence-corrected chi connectivity index (χ2v) is 5.23. The minimum absolute atomic E-state index is 0.0451. The minimum atomic E-state index is -0.439. The maximum absolute atomic E-state index is 12.5. The lowest BCUT2D eigenvalue weighted by Gasteiger charge is -2.21. The van der Waals surface area contributed by atoms with Gasteiger partial charge in [-0.15, -0.1) is 0 Å². The first-order chi connectivity index (χ1) is 9.52.